The number of non-ortho nitro benzene ring substituents is 1. The van der Waals surface area contributed by atoms with E-state index in [1.54, 1.807) is 48.3 Å². The molecule has 3 heterocycles. The van der Waals surface area contributed by atoms with Crippen molar-refractivity contribution in [1.82, 2.24) is 4.90 Å². The molecule has 0 radical (unpaired) electrons. The molecule has 3 aromatic carbocycles. The first kappa shape index (κ1) is 29.2. The van der Waals surface area contributed by atoms with E-state index in [0.29, 0.717) is 29.9 Å². The summed E-state index contributed by atoms with van der Waals surface area (Å²) in [6.07, 6.45) is -0.400. The average molecular weight is 602 g/mol. The van der Waals surface area contributed by atoms with E-state index in [0.717, 1.165) is 11.1 Å². The molecule has 1 fully saturated rings. The van der Waals surface area contributed by atoms with Crippen LogP contribution in [-0.2, 0) is 32.9 Å². The molecule has 6 rings (SSSR count). The Labute approximate surface area is 250 Å². The molecule has 43 heavy (non-hydrogen) atoms. The van der Waals surface area contributed by atoms with E-state index >= 15 is 0 Å². The summed E-state index contributed by atoms with van der Waals surface area (Å²) in [5.41, 5.74) is 1.18. The second-order valence-corrected chi connectivity index (χ2v) is 16.3. The predicted octanol–water partition coefficient (Wildman–Crippen LogP) is 4.41. The Kier molecular flexibility index (Phi) is 7.24. The van der Waals surface area contributed by atoms with Gasteiger partial charge in [-0.3, -0.25) is 24.6 Å². The van der Waals surface area contributed by atoms with Crippen LogP contribution in [0.3, 0.4) is 0 Å². The summed E-state index contributed by atoms with van der Waals surface area (Å²) in [6.45, 7) is 5.52. The molecule has 3 aliphatic heterocycles. The van der Waals surface area contributed by atoms with E-state index in [1.807, 2.05) is 37.3 Å². The second-order valence-electron chi connectivity index (χ2n) is 12.3. The zero-order chi connectivity index (χ0) is 30.7. The first-order valence-electron chi connectivity index (χ1n) is 14.5. The number of nitro groups is 1. The number of amides is 2. The SMILES string of the molecule is C[C@H]1[C@H]([Si](C)(C)O)[C@@H](CC(=O)N2Cc3ccccc3C[C@H]2CO)O[C@]12C(=O)N(c1ccccc1)c1ccc([N+](=O)[O-])cc12. The van der Waals surface area contributed by atoms with E-state index in [9.17, 15) is 29.6 Å². The summed E-state index contributed by atoms with van der Waals surface area (Å²) in [7, 11) is -3.08. The van der Waals surface area contributed by atoms with Gasteiger partial charge < -0.3 is 19.5 Å². The van der Waals surface area contributed by atoms with Gasteiger partial charge in [-0.05, 0) is 48.8 Å². The van der Waals surface area contributed by atoms with Crippen molar-refractivity contribution < 1.29 is 29.2 Å². The van der Waals surface area contributed by atoms with E-state index in [-0.39, 0.29) is 24.6 Å². The lowest BCUT2D eigenvalue weighted by Crippen LogP contribution is -2.48. The molecule has 0 bridgehead atoms. The number of aliphatic hydroxyl groups excluding tert-OH is 1. The largest absolute Gasteiger partial charge is 0.432 e. The molecule has 0 aromatic heterocycles. The monoisotopic (exact) mass is 601 g/mol. The maximum atomic E-state index is 14.6. The first-order chi connectivity index (χ1) is 20.5. The summed E-state index contributed by atoms with van der Waals surface area (Å²) in [5, 5.41) is 22.0. The van der Waals surface area contributed by atoms with E-state index < -0.39 is 48.4 Å². The molecular weight excluding hydrogens is 566 g/mol. The average Bonchev–Trinajstić information content (AvgIpc) is 3.42. The number of ether oxygens (including phenoxy) is 1. The normalized spacial score (nSPS) is 26.5. The zero-order valence-electron chi connectivity index (χ0n) is 24.3. The molecule has 0 aliphatic carbocycles. The van der Waals surface area contributed by atoms with Gasteiger partial charge in [0.15, 0.2) is 13.9 Å². The molecule has 10 nitrogen and oxygen atoms in total. The van der Waals surface area contributed by atoms with Crippen LogP contribution >= 0.6 is 0 Å². The van der Waals surface area contributed by atoms with Gasteiger partial charge in [0.25, 0.3) is 11.6 Å². The highest BCUT2D eigenvalue weighted by Gasteiger charge is 2.67. The summed E-state index contributed by atoms with van der Waals surface area (Å²) in [6, 6.07) is 20.8. The van der Waals surface area contributed by atoms with Crippen molar-refractivity contribution in [3.8, 4) is 0 Å². The molecule has 224 valence electrons. The number of hydrogen-bond donors (Lipinski definition) is 2. The van der Waals surface area contributed by atoms with Gasteiger partial charge in [0.1, 0.15) is 0 Å². The van der Waals surface area contributed by atoms with Crippen LogP contribution in [0.25, 0.3) is 0 Å². The van der Waals surface area contributed by atoms with Gasteiger partial charge in [-0.2, -0.15) is 0 Å². The van der Waals surface area contributed by atoms with Crippen LogP contribution in [-0.4, -0.2) is 58.6 Å². The lowest BCUT2D eigenvalue weighted by Gasteiger charge is -2.37. The predicted molar refractivity (Wildman–Crippen MR) is 162 cm³/mol. The van der Waals surface area contributed by atoms with Crippen LogP contribution in [0.2, 0.25) is 18.6 Å². The van der Waals surface area contributed by atoms with Gasteiger partial charge >= 0.3 is 0 Å². The maximum Gasteiger partial charge on any atom is 0.269 e. The molecule has 0 saturated carbocycles. The number of nitro benzene ring substituents is 1. The van der Waals surface area contributed by atoms with Gasteiger partial charge in [0, 0.05) is 41.4 Å². The third kappa shape index (κ3) is 4.67. The zero-order valence-corrected chi connectivity index (χ0v) is 25.3. The van der Waals surface area contributed by atoms with Gasteiger partial charge in [-0.1, -0.05) is 49.4 Å². The molecule has 11 heteroatoms. The quantitative estimate of drug-likeness (QED) is 0.243. The Morgan fingerprint density at radius 1 is 1.09 bits per heavy atom. The molecule has 1 saturated heterocycles. The Balaban J connectivity index is 1.41. The van der Waals surface area contributed by atoms with Crippen molar-refractivity contribution in [3.63, 3.8) is 0 Å². The van der Waals surface area contributed by atoms with Crippen molar-refractivity contribution in [2.45, 2.75) is 62.7 Å². The highest BCUT2D eigenvalue weighted by Crippen LogP contribution is 2.61. The minimum absolute atomic E-state index is 0.102. The lowest BCUT2D eigenvalue weighted by atomic mass is 9.82. The van der Waals surface area contributed by atoms with Crippen LogP contribution in [0.4, 0.5) is 17.1 Å². The molecule has 3 aliphatic rings. The number of carbonyl (C=O) groups is 2. The van der Waals surface area contributed by atoms with Crippen LogP contribution < -0.4 is 4.90 Å². The van der Waals surface area contributed by atoms with Crippen molar-refractivity contribution >= 4 is 37.2 Å². The fourth-order valence-electron chi connectivity index (χ4n) is 7.47. The number of carbonyl (C=O) groups excluding carboxylic acids is 2. The van der Waals surface area contributed by atoms with Crippen molar-refractivity contribution in [3.05, 3.63) is 99.6 Å². The summed E-state index contributed by atoms with van der Waals surface area (Å²) in [5.74, 6) is -1.23. The number of aliphatic hydroxyl groups is 1. The van der Waals surface area contributed by atoms with Crippen LogP contribution in [0.5, 0.6) is 0 Å². The summed E-state index contributed by atoms with van der Waals surface area (Å²) in [4.78, 5) is 54.6. The first-order valence-corrected chi connectivity index (χ1v) is 17.6. The fourth-order valence-corrected chi connectivity index (χ4v) is 10.0. The number of benzene rings is 3. The van der Waals surface area contributed by atoms with E-state index in [1.165, 1.54) is 17.0 Å². The molecule has 0 unspecified atom stereocenters. The molecule has 5 atom stereocenters. The minimum Gasteiger partial charge on any atom is -0.432 e. The number of nitrogens with zero attached hydrogens (tertiary/aromatic N) is 3. The van der Waals surface area contributed by atoms with E-state index in [2.05, 4.69) is 0 Å². The molecule has 1 spiro atoms. The third-order valence-corrected chi connectivity index (χ3v) is 11.9. The number of rotatable bonds is 6. The molecule has 2 amide bonds. The number of fused-ring (bicyclic) bond motifs is 3. The highest BCUT2D eigenvalue weighted by molar-refractivity contribution is 6.71. The molecule has 3 aromatic rings. The van der Waals surface area contributed by atoms with Crippen molar-refractivity contribution in [2.75, 3.05) is 11.5 Å². The Hall–Kier alpha value is -3.90. The topological polar surface area (TPSA) is 133 Å². The van der Waals surface area contributed by atoms with Crippen LogP contribution in [0.15, 0.2) is 72.8 Å². The fraction of sp³-hybridized carbons (Fsp3) is 0.375. The van der Waals surface area contributed by atoms with Gasteiger partial charge in [-0.15, -0.1) is 0 Å². The van der Waals surface area contributed by atoms with E-state index in [4.69, 9.17) is 4.74 Å². The highest BCUT2D eigenvalue weighted by atomic mass is 28.4. The molecule has 2 N–H and O–H groups in total. The van der Waals surface area contributed by atoms with Crippen molar-refractivity contribution in [1.29, 1.82) is 0 Å². The third-order valence-electron chi connectivity index (χ3n) is 9.36. The smallest absolute Gasteiger partial charge is 0.269 e. The number of para-hydroxylation sites is 1. The summed E-state index contributed by atoms with van der Waals surface area (Å²) >= 11 is 0. The van der Waals surface area contributed by atoms with Gasteiger partial charge in [0.2, 0.25) is 5.91 Å². The Morgan fingerprint density at radius 3 is 2.42 bits per heavy atom. The van der Waals surface area contributed by atoms with Crippen LogP contribution in [0, 0.1) is 16.0 Å². The van der Waals surface area contributed by atoms with Gasteiger partial charge in [-0.25, -0.2) is 0 Å². The second kappa shape index (κ2) is 10.7. The number of anilines is 2. The Morgan fingerprint density at radius 2 is 1.77 bits per heavy atom. The van der Waals surface area contributed by atoms with Gasteiger partial charge in [0.05, 0.1) is 35.8 Å². The summed E-state index contributed by atoms with van der Waals surface area (Å²) < 4.78 is 6.74. The Bertz CT molecular complexity index is 1590. The maximum absolute atomic E-state index is 14.6. The minimum atomic E-state index is -3.08. The standard InChI is InChI=1S/C32H35N3O7Si/c1-20-30(43(2,3)41)28(17-29(37)33-18-22-10-8-7-9-21(22)15-25(33)19-36)42-32(20)26-16-24(35(39)40)13-14-27(26)34(31(32)38)23-11-5-4-6-12-23/h4-14,16,20,25,28,30,36,41H,15,17-19H2,1-3H3/t20-,25-,28+,30-,32+/m0/s1. The molecular formula is C32H35N3O7Si. The van der Waals surface area contributed by atoms with Crippen molar-refractivity contribution in [2.24, 2.45) is 5.92 Å². The number of hydrogen-bond acceptors (Lipinski definition) is 7. The lowest BCUT2D eigenvalue weighted by molar-refractivity contribution is -0.385. The van der Waals surface area contributed by atoms with Crippen LogP contribution in [0.1, 0.15) is 30.0 Å².